The molecule has 5 heteroatoms. The summed E-state index contributed by atoms with van der Waals surface area (Å²) in [7, 11) is 0. The number of fused-ring (bicyclic) bond motifs is 1. The summed E-state index contributed by atoms with van der Waals surface area (Å²) < 4.78 is 5.90. The third-order valence-electron chi connectivity index (χ3n) is 4.32. The minimum atomic E-state index is -0.895. The second kappa shape index (κ2) is 7.17. The average Bonchev–Trinajstić information content (AvgIpc) is 3.02. The minimum absolute atomic E-state index is 0.0978. The van der Waals surface area contributed by atoms with Gasteiger partial charge in [0.1, 0.15) is 11.5 Å². The summed E-state index contributed by atoms with van der Waals surface area (Å²) in [5.41, 5.74) is 3.02. The second-order valence-electron chi connectivity index (χ2n) is 6.15. The number of hydrogen-bond acceptors (Lipinski definition) is 2. The van der Waals surface area contributed by atoms with Crippen molar-refractivity contribution in [2.45, 2.75) is 6.42 Å². The molecule has 1 aromatic heterocycles. The minimum Gasteiger partial charge on any atom is -0.481 e. The topological polar surface area (TPSA) is 62.3 Å². The van der Waals surface area contributed by atoms with E-state index in [1.165, 1.54) is 0 Å². The lowest BCUT2D eigenvalue weighted by atomic mass is 10.0. The molecule has 4 rings (SSSR count). The molecule has 4 aromatic rings. The van der Waals surface area contributed by atoms with Crippen LogP contribution in [0.15, 0.2) is 72.8 Å². The first-order valence-corrected chi connectivity index (χ1v) is 8.84. The molecule has 2 N–H and O–H groups in total. The molecular weight excluding hydrogens is 362 g/mol. The Bertz CT molecular complexity index is 1120. The normalized spacial score (nSPS) is 10.9. The van der Waals surface area contributed by atoms with Gasteiger partial charge in [0.15, 0.2) is 0 Å². The van der Waals surface area contributed by atoms with Gasteiger partial charge in [0.05, 0.1) is 22.7 Å². The second-order valence-corrected chi connectivity index (χ2v) is 6.56. The molecule has 0 radical (unpaired) electrons. The maximum atomic E-state index is 11.4. The molecule has 0 bridgehead atoms. The van der Waals surface area contributed by atoms with Crippen LogP contribution in [0.5, 0.6) is 11.5 Å². The van der Waals surface area contributed by atoms with E-state index in [1.54, 1.807) is 6.07 Å². The van der Waals surface area contributed by atoms with Crippen LogP contribution in [0.3, 0.4) is 0 Å². The van der Waals surface area contributed by atoms with Crippen LogP contribution < -0.4 is 4.74 Å². The number of ether oxygens (including phenoxy) is 1. The van der Waals surface area contributed by atoms with Crippen LogP contribution in [0.25, 0.3) is 22.2 Å². The van der Waals surface area contributed by atoms with Gasteiger partial charge in [-0.05, 0) is 35.9 Å². The fourth-order valence-electron chi connectivity index (χ4n) is 3.16. The number of carbonyl (C=O) groups is 1. The Kier molecular flexibility index (Phi) is 4.57. The highest BCUT2D eigenvalue weighted by Gasteiger charge is 2.17. The zero-order valence-corrected chi connectivity index (χ0v) is 15.0. The van der Waals surface area contributed by atoms with Gasteiger partial charge < -0.3 is 14.8 Å². The van der Waals surface area contributed by atoms with E-state index in [0.29, 0.717) is 16.3 Å². The molecule has 3 aromatic carbocycles. The number of carboxylic acids is 1. The molecular formula is C22H16ClNO3. The maximum Gasteiger partial charge on any atom is 0.307 e. The summed E-state index contributed by atoms with van der Waals surface area (Å²) in [6, 6.07) is 22.5. The smallest absolute Gasteiger partial charge is 0.307 e. The van der Waals surface area contributed by atoms with Crippen LogP contribution >= 0.6 is 11.6 Å². The van der Waals surface area contributed by atoms with Crippen molar-refractivity contribution in [2.75, 3.05) is 0 Å². The van der Waals surface area contributed by atoms with Crippen LogP contribution in [0.1, 0.15) is 5.56 Å². The Morgan fingerprint density at radius 1 is 0.963 bits per heavy atom. The van der Waals surface area contributed by atoms with Crippen LogP contribution in [0.2, 0.25) is 5.02 Å². The number of aromatic nitrogens is 1. The van der Waals surface area contributed by atoms with Crippen molar-refractivity contribution in [2.24, 2.45) is 0 Å². The van der Waals surface area contributed by atoms with Crippen LogP contribution in [-0.4, -0.2) is 16.1 Å². The van der Waals surface area contributed by atoms with Gasteiger partial charge in [0.25, 0.3) is 0 Å². The van der Waals surface area contributed by atoms with Gasteiger partial charge in [-0.1, -0.05) is 54.1 Å². The van der Waals surface area contributed by atoms with Gasteiger partial charge in [0, 0.05) is 10.9 Å². The molecule has 0 aliphatic heterocycles. The number of H-pyrrole nitrogens is 1. The predicted molar refractivity (Wildman–Crippen MR) is 107 cm³/mol. The molecule has 0 saturated carbocycles. The SMILES string of the molecule is O=C(O)Cc1c(-c2cccc(Oc3ccccc3)c2)[nH]c2c(Cl)cccc12. The first-order valence-electron chi connectivity index (χ1n) is 8.46. The number of rotatable bonds is 5. The highest BCUT2D eigenvalue weighted by atomic mass is 35.5. The molecule has 0 amide bonds. The lowest BCUT2D eigenvalue weighted by Gasteiger charge is -2.08. The zero-order valence-electron chi connectivity index (χ0n) is 14.3. The van der Waals surface area contributed by atoms with Crippen molar-refractivity contribution in [3.05, 3.63) is 83.4 Å². The largest absolute Gasteiger partial charge is 0.481 e. The van der Waals surface area contributed by atoms with E-state index in [0.717, 1.165) is 27.9 Å². The predicted octanol–water partition coefficient (Wildman–Crippen LogP) is 5.91. The fraction of sp³-hybridized carbons (Fsp3) is 0.0455. The maximum absolute atomic E-state index is 11.4. The fourth-order valence-corrected chi connectivity index (χ4v) is 3.38. The molecule has 0 saturated heterocycles. The molecule has 4 nitrogen and oxygen atoms in total. The summed E-state index contributed by atoms with van der Waals surface area (Å²) in [6.45, 7) is 0. The monoisotopic (exact) mass is 377 g/mol. The summed E-state index contributed by atoms with van der Waals surface area (Å²) in [5, 5.41) is 10.7. The molecule has 0 fully saturated rings. The molecule has 0 aliphatic carbocycles. The van der Waals surface area contributed by atoms with Crippen LogP contribution in [0, 0.1) is 0 Å². The van der Waals surface area contributed by atoms with Gasteiger partial charge in [-0.25, -0.2) is 0 Å². The molecule has 27 heavy (non-hydrogen) atoms. The molecule has 1 heterocycles. The van der Waals surface area contributed by atoms with Crippen molar-refractivity contribution in [3.63, 3.8) is 0 Å². The number of nitrogens with one attached hydrogen (secondary N) is 1. The summed E-state index contributed by atoms with van der Waals surface area (Å²) in [5.74, 6) is 0.513. The Labute approximate surface area is 161 Å². The lowest BCUT2D eigenvalue weighted by molar-refractivity contribution is -0.136. The molecule has 0 spiro atoms. The van der Waals surface area contributed by atoms with Crippen LogP contribution in [-0.2, 0) is 11.2 Å². The summed E-state index contributed by atoms with van der Waals surface area (Å²) in [6.07, 6.45) is -0.0978. The average molecular weight is 378 g/mol. The van der Waals surface area contributed by atoms with Crippen molar-refractivity contribution in [1.82, 2.24) is 4.98 Å². The number of hydrogen-bond donors (Lipinski definition) is 2. The number of aromatic amines is 1. The van der Waals surface area contributed by atoms with E-state index in [9.17, 15) is 9.90 Å². The Balaban J connectivity index is 1.81. The van der Waals surface area contributed by atoms with Gasteiger partial charge in [-0.3, -0.25) is 4.79 Å². The molecule has 134 valence electrons. The highest BCUT2D eigenvalue weighted by Crippen LogP contribution is 2.35. The number of halogens is 1. The number of para-hydroxylation sites is 2. The van der Waals surface area contributed by atoms with Gasteiger partial charge >= 0.3 is 5.97 Å². The highest BCUT2D eigenvalue weighted by molar-refractivity contribution is 6.35. The first kappa shape index (κ1) is 17.2. The Morgan fingerprint density at radius 2 is 1.70 bits per heavy atom. The van der Waals surface area contributed by atoms with E-state index in [4.69, 9.17) is 16.3 Å². The van der Waals surface area contributed by atoms with E-state index in [1.807, 2.05) is 66.7 Å². The Morgan fingerprint density at radius 3 is 2.48 bits per heavy atom. The van der Waals surface area contributed by atoms with Gasteiger partial charge in [0.2, 0.25) is 0 Å². The van der Waals surface area contributed by atoms with Crippen molar-refractivity contribution in [1.29, 1.82) is 0 Å². The molecule has 0 unspecified atom stereocenters. The van der Waals surface area contributed by atoms with Crippen molar-refractivity contribution < 1.29 is 14.6 Å². The quantitative estimate of drug-likeness (QED) is 0.454. The third-order valence-corrected chi connectivity index (χ3v) is 4.64. The van der Waals surface area contributed by atoms with E-state index in [2.05, 4.69) is 4.98 Å². The summed E-state index contributed by atoms with van der Waals surface area (Å²) in [4.78, 5) is 14.7. The van der Waals surface area contributed by atoms with Gasteiger partial charge in [-0.15, -0.1) is 0 Å². The zero-order chi connectivity index (χ0) is 18.8. The standard InChI is InChI=1S/C22H16ClNO3/c23-19-11-5-10-17-18(13-20(25)26)21(24-22(17)19)14-6-4-9-16(12-14)27-15-7-2-1-3-8-15/h1-12,24H,13H2,(H,25,26). The van der Waals surface area contributed by atoms with Gasteiger partial charge in [-0.2, -0.15) is 0 Å². The van der Waals surface area contributed by atoms with Crippen LogP contribution in [0.4, 0.5) is 0 Å². The van der Waals surface area contributed by atoms with E-state index >= 15 is 0 Å². The number of benzene rings is 3. The molecule has 0 aliphatic rings. The molecule has 0 atom stereocenters. The third kappa shape index (κ3) is 3.52. The van der Waals surface area contributed by atoms with Crippen molar-refractivity contribution >= 4 is 28.5 Å². The Hall–Kier alpha value is -3.24. The first-order chi connectivity index (χ1) is 13.1. The summed E-state index contributed by atoms with van der Waals surface area (Å²) >= 11 is 6.30. The van der Waals surface area contributed by atoms with Crippen molar-refractivity contribution in [3.8, 4) is 22.8 Å². The number of carboxylic acid groups (broad SMARTS) is 1. The number of aliphatic carboxylic acids is 1. The lowest BCUT2D eigenvalue weighted by Crippen LogP contribution is -2.01. The van der Waals surface area contributed by atoms with E-state index in [-0.39, 0.29) is 6.42 Å². The van der Waals surface area contributed by atoms with E-state index < -0.39 is 5.97 Å².